The van der Waals surface area contributed by atoms with Gasteiger partial charge in [-0.05, 0) is 26.3 Å². The molecule has 0 bridgehead atoms. The number of aryl methyl sites for hydroxylation is 2. The van der Waals surface area contributed by atoms with Gasteiger partial charge in [0.1, 0.15) is 11.5 Å². The number of rotatable bonds is 2. The summed E-state index contributed by atoms with van der Waals surface area (Å²) in [5, 5.41) is 0. The zero-order chi connectivity index (χ0) is 9.14. The van der Waals surface area contributed by atoms with E-state index in [-0.39, 0.29) is 0 Å². The Balaban J connectivity index is 2.95. The lowest BCUT2D eigenvalue weighted by atomic mass is 10.2. The molecule has 0 N–H and O–H groups in total. The van der Waals surface area contributed by atoms with Gasteiger partial charge in [-0.1, -0.05) is 12.5 Å². The van der Waals surface area contributed by atoms with E-state index in [4.69, 9.17) is 4.42 Å². The maximum atomic E-state index is 5.30. The Morgan fingerprint density at radius 3 is 2.58 bits per heavy atom. The molecule has 1 aromatic heterocycles. The van der Waals surface area contributed by atoms with Crippen LogP contribution in [0.4, 0.5) is 0 Å². The van der Waals surface area contributed by atoms with Gasteiger partial charge in [-0.15, -0.1) is 0 Å². The normalized spacial score (nSPS) is 12.2. The fourth-order valence-corrected chi connectivity index (χ4v) is 1.01. The van der Waals surface area contributed by atoms with Crippen molar-refractivity contribution in [1.82, 2.24) is 4.98 Å². The number of aromatic nitrogens is 1. The molecule has 66 valence electrons. The summed E-state index contributed by atoms with van der Waals surface area (Å²) in [6.07, 6.45) is 3.14. The second kappa shape index (κ2) is 3.57. The molecule has 0 atom stereocenters. The highest BCUT2D eigenvalue weighted by molar-refractivity contribution is 5.49. The van der Waals surface area contributed by atoms with Crippen LogP contribution in [0, 0.1) is 13.8 Å². The van der Waals surface area contributed by atoms with E-state index >= 15 is 0 Å². The summed E-state index contributed by atoms with van der Waals surface area (Å²) < 4.78 is 5.30. The molecule has 2 nitrogen and oxygen atoms in total. The minimum atomic E-state index is 0.739. The third-order valence-corrected chi connectivity index (χ3v) is 1.88. The number of hydrogen-bond donors (Lipinski definition) is 0. The molecule has 0 fully saturated rings. The highest BCUT2D eigenvalue weighted by Crippen LogP contribution is 2.13. The van der Waals surface area contributed by atoms with Gasteiger partial charge >= 0.3 is 0 Å². The number of nitrogens with zero attached hydrogens (tertiary/aromatic N) is 1. The van der Waals surface area contributed by atoms with Gasteiger partial charge in [0.2, 0.25) is 0 Å². The maximum absolute atomic E-state index is 5.30. The summed E-state index contributed by atoms with van der Waals surface area (Å²) in [4.78, 5) is 4.26. The van der Waals surface area contributed by atoms with Crippen molar-refractivity contribution in [2.45, 2.75) is 34.1 Å². The van der Waals surface area contributed by atoms with E-state index in [2.05, 4.69) is 24.9 Å². The molecular weight excluding hydrogens is 150 g/mol. The van der Waals surface area contributed by atoms with Crippen LogP contribution in [0.3, 0.4) is 0 Å². The molecule has 1 rings (SSSR count). The molecule has 0 aromatic carbocycles. The highest BCUT2D eigenvalue weighted by Gasteiger charge is 2.02. The zero-order valence-electron chi connectivity index (χ0n) is 8.14. The van der Waals surface area contributed by atoms with Gasteiger partial charge in [0.05, 0.1) is 0 Å². The van der Waals surface area contributed by atoms with Crippen LogP contribution in [-0.4, -0.2) is 4.98 Å². The smallest absolute Gasteiger partial charge is 0.191 e. The molecule has 0 aliphatic rings. The lowest BCUT2D eigenvalue weighted by molar-refractivity contribution is 0.494. The lowest BCUT2D eigenvalue weighted by Crippen LogP contribution is -1.78. The third kappa shape index (κ3) is 1.97. The van der Waals surface area contributed by atoms with Crippen molar-refractivity contribution < 1.29 is 4.42 Å². The Morgan fingerprint density at radius 1 is 1.50 bits per heavy atom. The van der Waals surface area contributed by atoms with Crippen molar-refractivity contribution in [3.8, 4) is 0 Å². The first kappa shape index (κ1) is 9.04. The van der Waals surface area contributed by atoms with E-state index in [1.54, 1.807) is 0 Å². The fourth-order valence-electron chi connectivity index (χ4n) is 1.01. The van der Waals surface area contributed by atoms with Crippen LogP contribution >= 0.6 is 0 Å². The van der Waals surface area contributed by atoms with Crippen molar-refractivity contribution >= 4 is 6.08 Å². The molecule has 0 radical (unpaired) electrons. The second-order valence-corrected chi connectivity index (χ2v) is 3.02. The van der Waals surface area contributed by atoms with E-state index < -0.39 is 0 Å². The van der Waals surface area contributed by atoms with E-state index in [0.29, 0.717) is 0 Å². The van der Waals surface area contributed by atoms with Gasteiger partial charge in [0.15, 0.2) is 5.89 Å². The SMILES string of the molecule is CC/C(C)=C\c1nc(C)oc1C. The Bertz CT molecular complexity index is 297. The van der Waals surface area contributed by atoms with Crippen molar-refractivity contribution in [2.75, 3.05) is 0 Å². The molecule has 0 amide bonds. The van der Waals surface area contributed by atoms with Crippen LogP contribution in [0.5, 0.6) is 0 Å². The first-order valence-electron chi connectivity index (χ1n) is 4.24. The first-order valence-corrected chi connectivity index (χ1v) is 4.24. The average molecular weight is 165 g/mol. The van der Waals surface area contributed by atoms with E-state index in [1.807, 2.05) is 13.8 Å². The molecule has 0 aliphatic heterocycles. The lowest BCUT2D eigenvalue weighted by Gasteiger charge is -1.92. The largest absolute Gasteiger partial charge is 0.446 e. The Labute approximate surface area is 73.3 Å². The van der Waals surface area contributed by atoms with Crippen LogP contribution in [0.15, 0.2) is 9.99 Å². The van der Waals surface area contributed by atoms with Gasteiger partial charge in [-0.25, -0.2) is 4.98 Å². The summed E-state index contributed by atoms with van der Waals surface area (Å²) in [5.41, 5.74) is 2.29. The monoisotopic (exact) mass is 165 g/mol. The molecule has 12 heavy (non-hydrogen) atoms. The molecule has 0 saturated carbocycles. The minimum absolute atomic E-state index is 0.739. The van der Waals surface area contributed by atoms with Gasteiger partial charge in [0, 0.05) is 6.92 Å². The molecule has 1 heterocycles. The van der Waals surface area contributed by atoms with E-state index in [1.165, 1.54) is 5.57 Å². The summed E-state index contributed by atoms with van der Waals surface area (Å²) >= 11 is 0. The number of allylic oxidation sites excluding steroid dienone is 1. The molecule has 1 aromatic rings. The molecule has 0 aliphatic carbocycles. The maximum Gasteiger partial charge on any atom is 0.191 e. The summed E-state index contributed by atoms with van der Waals surface area (Å²) in [6.45, 7) is 8.04. The van der Waals surface area contributed by atoms with Crippen molar-refractivity contribution in [1.29, 1.82) is 0 Å². The zero-order valence-corrected chi connectivity index (χ0v) is 8.14. The first-order chi connectivity index (χ1) is 5.63. The molecule has 0 saturated heterocycles. The van der Waals surface area contributed by atoms with Crippen LogP contribution < -0.4 is 0 Å². The standard InChI is InChI=1S/C10H15NO/c1-5-7(2)6-10-8(3)12-9(4)11-10/h6H,5H2,1-4H3/b7-6-. The van der Waals surface area contributed by atoms with Gasteiger partial charge in [-0.2, -0.15) is 0 Å². The Kier molecular flexibility index (Phi) is 2.69. The van der Waals surface area contributed by atoms with Crippen LogP contribution in [0.25, 0.3) is 6.08 Å². The predicted molar refractivity (Wildman–Crippen MR) is 49.9 cm³/mol. The van der Waals surface area contributed by atoms with Crippen LogP contribution in [-0.2, 0) is 0 Å². The van der Waals surface area contributed by atoms with Crippen LogP contribution in [0.2, 0.25) is 0 Å². The van der Waals surface area contributed by atoms with E-state index in [0.717, 1.165) is 23.8 Å². The molecular formula is C10H15NO. The average Bonchev–Trinajstić information content (AvgIpc) is 2.30. The van der Waals surface area contributed by atoms with E-state index in [9.17, 15) is 0 Å². The molecule has 0 spiro atoms. The van der Waals surface area contributed by atoms with Crippen molar-refractivity contribution in [3.05, 3.63) is 22.9 Å². The summed E-state index contributed by atoms with van der Waals surface area (Å²) in [5.74, 6) is 1.64. The Hall–Kier alpha value is -1.05. The van der Waals surface area contributed by atoms with Gasteiger partial charge in [-0.3, -0.25) is 0 Å². The minimum Gasteiger partial charge on any atom is -0.446 e. The molecule has 0 unspecified atom stereocenters. The third-order valence-electron chi connectivity index (χ3n) is 1.88. The van der Waals surface area contributed by atoms with Crippen LogP contribution in [0.1, 0.15) is 37.6 Å². The van der Waals surface area contributed by atoms with Crippen molar-refractivity contribution in [2.24, 2.45) is 0 Å². The summed E-state index contributed by atoms with van der Waals surface area (Å²) in [6, 6.07) is 0. The predicted octanol–water partition coefficient (Wildman–Crippen LogP) is 3.10. The quantitative estimate of drug-likeness (QED) is 0.673. The summed E-state index contributed by atoms with van der Waals surface area (Å²) in [7, 11) is 0. The van der Waals surface area contributed by atoms with Crippen molar-refractivity contribution in [3.63, 3.8) is 0 Å². The highest BCUT2D eigenvalue weighted by atomic mass is 16.4. The number of hydrogen-bond acceptors (Lipinski definition) is 2. The fraction of sp³-hybridized carbons (Fsp3) is 0.500. The number of oxazole rings is 1. The molecule has 2 heteroatoms. The van der Waals surface area contributed by atoms with Gasteiger partial charge < -0.3 is 4.42 Å². The Morgan fingerprint density at radius 2 is 2.17 bits per heavy atom. The second-order valence-electron chi connectivity index (χ2n) is 3.02. The van der Waals surface area contributed by atoms with Gasteiger partial charge in [0.25, 0.3) is 0 Å². The topological polar surface area (TPSA) is 26.0 Å².